The summed E-state index contributed by atoms with van der Waals surface area (Å²) in [5.41, 5.74) is 4.56. The Labute approximate surface area is 134 Å². The molecule has 2 aromatic rings. The van der Waals surface area contributed by atoms with Gasteiger partial charge in [-0.3, -0.25) is 9.59 Å². The normalized spacial score (nSPS) is 19.0. The van der Waals surface area contributed by atoms with E-state index < -0.39 is 0 Å². The van der Waals surface area contributed by atoms with Crippen molar-refractivity contribution in [3.05, 3.63) is 68.6 Å². The fourth-order valence-corrected chi connectivity index (χ4v) is 3.82. The first-order valence-corrected chi connectivity index (χ1v) is 8.36. The van der Waals surface area contributed by atoms with Gasteiger partial charge in [-0.1, -0.05) is 24.3 Å². The maximum absolute atomic E-state index is 12.6. The second kappa shape index (κ2) is 5.69. The molecule has 1 unspecified atom stereocenters. The summed E-state index contributed by atoms with van der Waals surface area (Å²) in [6.45, 7) is 0. The molecular formula is C19H20N2O2. The van der Waals surface area contributed by atoms with Crippen molar-refractivity contribution in [2.45, 2.75) is 44.6 Å². The molecule has 4 nitrogen and oxygen atoms in total. The molecule has 2 N–H and O–H groups in total. The molecule has 0 fully saturated rings. The van der Waals surface area contributed by atoms with Gasteiger partial charge in [0.15, 0.2) is 0 Å². The zero-order valence-corrected chi connectivity index (χ0v) is 13.0. The van der Waals surface area contributed by atoms with Crippen LogP contribution in [0, 0.1) is 0 Å². The summed E-state index contributed by atoms with van der Waals surface area (Å²) in [4.78, 5) is 27.7. The van der Waals surface area contributed by atoms with Gasteiger partial charge in [0.2, 0.25) is 0 Å². The number of H-pyrrole nitrogens is 1. The van der Waals surface area contributed by atoms with Gasteiger partial charge in [0.05, 0.1) is 6.04 Å². The highest BCUT2D eigenvalue weighted by Crippen LogP contribution is 2.29. The van der Waals surface area contributed by atoms with E-state index in [0.29, 0.717) is 0 Å². The average Bonchev–Trinajstić information content (AvgIpc) is 3.01. The first kappa shape index (κ1) is 14.2. The number of aryl methyl sites for hydroxylation is 3. The van der Waals surface area contributed by atoms with Gasteiger partial charge in [-0.2, -0.15) is 0 Å². The van der Waals surface area contributed by atoms with Crippen LogP contribution in [0.25, 0.3) is 0 Å². The number of hydrogen-bond donors (Lipinski definition) is 2. The Morgan fingerprint density at radius 1 is 1.09 bits per heavy atom. The van der Waals surface area contributed by atoms with E-state index in [9.17, 15) is 9.59 Å². The minimum absolute atomic E-state index is 0.0000968. The van der Waals surface area contributed by atoms with Crippen LogP contribution in [-0.4, -0.2) is 10.9 Å². The molecule has 1 aromatic heterocycles. The summed E-state index contributed by atoms with van der Waals surface area (Å²) in [6, 6.07) is 10.0. The van der Waals surface area contributed by atoms with E-state index in [1.54, 1.807) is 6.07 Å². The standard InChI is InChI=1S/C19H20N2O2/c22-18-15(11-13-7-4-9-16(13)20-18)19(23)21-17-10-3-6-12-5-1-2-8-14(12)17/h1-2,5,8,11,17H,3-4,6-7,9-10H2,(H,20,22)(H,21,23). The number of hydrogen-bond acceptors (Lipinski definition) is 2. The summed E-state index contributed by atoms with van der Waals surface area (Å²) < 4.78 is 0. The van der Waals surface area contributed by atoms with E-state index in [2.05, 4.69) is 22.4 Å². The van der Waals surface area contributed by atoms with Crippen LogP contribution in [0.3, 0.4) is 0 Å². The number of aromatic nitrogens is 1. The highest BCUT2D eigenvalue weighted by molar-refractivity contribution is 5.94. The van der Waals surface area contributed by atoms with Crippen LogP contribution < -0.4 is 10.9 Å². The highest BCUT2D eigenvalue weighted by Gasteiger charge is 2.24. The third-order valence-electron chi connectivity index (χ3n) is 5.01. The third-order valence-corrected chi connectivity index (χ3v) is 5.01. The average molecular weight is 308 g/mol. The minimum atomic E-state index is -0.271. The Morgan fingerprint density at radius 2 is 1.91 bits per heavy atom. The van der Waals surface area contributed by atoms with Gasteiger partial charge >= 0.3 is 0 Å². The SMILES string of the molecule is O=C(NC1CCCc2ccccc21)c1cc2c([nH]c1=O)CCC2. The fraction of sp³-hybridized carbons (Fsp3) is 0.368. The van der Waals surface area contributed by atoms with Crippen LogP contribution in [0.2, 0.25) is 0 Å². The van der Waals surface area contributed by atoms with Gasteiger partial charge in [0.25, 0.3) is 11.5 Å². The monoisotopic (exact) mass is 308 g/mol. The molecule has 4 heteroatoms. The topological polar surface area (TPSA) is 62.0 Å². The zero-order valence-electron chi connectivity index (χ0n) is 13.0. The number of benzene rings is 1. The van der Waals surface area contributed by atoms with E-state index in [1.165, 1.54) is 11.1 Å². The Kier molecular flexibility index (Phi) is 3.52. The van der Waals surface area contributed by atoms with Crippen molar-refractivity contribution >= 4 is 5.91 Å². The van der Waals surface area contributed by atoms with Gasteiger partial charge in [-0.25, -0.2) is 0 Å². The number of carbonyl (C=O) groups is 1. The quantitative estimate of drug-likeness (QED) is 0.896. The number of amides is 1. The Hall–Kier alpha value is -2.36. The van der Waals surface area contributed by atoms with Gasteiger partial charge < -0.3 is 10.3 Å². The van der Waals surface area contributed by atoms with E-state index in [1.807, 2.05) is 12.1 Å². The summed E-state index contributed by atoms with van der Waals surface area (Å²) in [5, 5.41) is 3.06. The smallest absolute Gasteiger partial charge is 0.261 e. The molecule has 1 aromatic carbocycles. The summed E-state index contributed by atoms with van der Waals surface area (Å²) >= 11 is 0. The molecule has 1 heterocycles. The number of pyridine rings is 1. The highest BCUT2D eigenvalue weighted by atomic mass is 16.2. The Bertz CT molecular complexity index is 822. The van der Waals surface area contributed by atoms with Crippen LogP contribution in [0.5, 0.6) is 0 Å². The van der Waals surface area contributed by atoms with Crippen molar-refractivity contribution in [1.82, 2.24) is 10.3 Å². The first-order chi connectivity index (χ1) is 11.2. The zero-order chi connectivity index (χ0) is 15.8. The lowest BCUT2D eigenvalue weighted by molar-refractivity contribution is 0.0931. The number of fused-ring (bicyclic) bond motifs is 2. The predicted molar refractivity (Wildman–Crippen MR) is 88.7 cm³/mol. The van der Waals surface area contributed by atoms with Gasteiger partial charge in [-0.15, -0.1) is 0 Å². The van der Waals surface area contributed by atoms with Crippen LogP contribution in [0.4, 0.5) is 0 Å². The van der Waals surface area contributed by atoms with Crippen molar-refractivity contribution in [3.63, 3.8) is 0 Å². The lowest BCUT2D eigenvalue weighted by Gasteiger charge is -2.26. The molecule has 0 spiro atoms. The maximum Gasteiger partial charge on any atom is 0.261 e. The molecule has 2 aliphatic carbocycles. The van der Waals surface area contributed by atoms with Crippen LogP contribution in [0.15, 0.2) is 35.1 Å². The number of rotatable bonds is 2. The summed E-state index contributed by atoms with van der Waals surface area (Å²) in [7, 11) is 0. The number of carbonyl (C=O) groups excluding carboxylic acids is 1. The van der Waals surface area contributed by atoms with Crippen molar-refractivity contribution < 1.29 is 4.79 Å². The number of nitrogens with one attached hydrogen (secondary N) is 2. The van der Waals surface area contributed by atoms with E-state index in [-0.39, 0.29) is 23.1 Å². The molecule has 118 valence electrons. The number of aromatic amines is 1. The molecule has 0 bridgehead atoms. The second-order valence-corrected chi connectivity index (χ2v) is 6.49. The van der Waals surface area contributed by atoms with Gasteiger partial charge in [-0.05, 0) is 61.3 Å². The van der Waals surface area contributed by atoms with E-state index in [0.717, 1.165) is 49.8 Å². The van der Waals surface area contributed by atoms with Crippen molar-refractivity contribution in [2.75, 3.05) is 0 Å². The molecule has 2 aliphatic rings. The lowest BCUT2D eigenvalue weighted by Crippen LogP contribution is -2.34. The molecule has 23 heavy (non-hydrogen) atoms. The van der Waals surface area contributed by atoms with Crippen LogP contribution >= 0.6 is 0 Å². The third kappa shape index (κ3) is 2.58. The second-order valence-electron chi connectivity index (χ2n) is 6.49. The van der Waals surface area contributed by atoms with E-state index in [4.69, 9.17) is 0 Å². The van der Waals surface area contributed by atoms with Crippen molar-refractivity contribution in [3.8, 4) is 0 Å². The first-order valence-electron chi connectivity index (χ1n) is 8.36. The maximum atomic E-state index is 12.6. The van der Waals surface area contributed by atoms with Gasteiger partial charge in [0, 0.05) is 5.69 Å². The summed E-state index contributed by atoms with van der Waals surface area (Å²) in [6.07, 6.45) is 5.93. The minimum Gasteiger partial charge on any atom is -0.345 e. The molecule has 0 radical (unpaired) electrons. The van der Waals surface area contributed by atoms with Crippen LogP contribution in [0.1, 0.15) is 58.0 Å². The van der Waals surface area contributed by atoms with Crippen LogP contribution in [-0.2, 0) is 19.3 Å². The Balaban J connectivity index is 1.61. The molecule has 1 amide bonds. The van der Waals surface area contributed by atoms with E-state index >= 15 is 0 Å². The van der Waals surface area contributed by atoms with Gasteiger partial charge in [0.1, 0.15) is 5.56 Å². The molecular weight excluding hydrogens is 288 g/mol. The molecule has 0 aliphatic heterocycles. The predicted octanol–water partition coefficient (Wildman–Crippen LogP) is 2.67. The summed E-state index contributed by atoms with van der Waals surface area (Å²) in [5.74, 6) is -0.261. The van der Waals surface area contributed by atoms with Crippen molar-refractivity contribution in [1.29, 1.82) is 0 Å². The largest absolute Gasteiger partial charge is 0.345 e. The lowest BCUT2D eigenvalue weighted by atomic mass is 9.87. The Morgan fingerprint density at radius 3 is 2.83 bits per heavy atom. The molecule has 1 atom stereocenters. The molecule has 4 rings (SSSR count). The fourth-order valence-electron chi connectivity index (χ4n) is 3.82. The van der Waals surface area contributed by atoms with Crippen molar-refractivity contribution in [2.24, 2.45) is 0 Å². The molecule has 0 saturated heterocycles. The molecule has 0 saturated carbocycles.